The van der Waals surface area contributed by atoms with Crippen LogP contribution in [-0.2, 0) is 0 Å². The SMILES string of the molecule is COc1ccc(-c2cccc(C(=O)NN=Cc3c[nH]c4ccccc34)c2)cc1. The molecule has 4 rings (SSSR count). The lowest BCUT2D eigenvalue weighted by Crippen LogP contribution is -2.17. The second kappa shape index (κ2) is 7.80. The van der Waals surface area contributed by atoms with Gasteiger partial charge in [0.05, 0.1) is 13.3 Å². The van der Waals surface area contributed by atoms with Crippen LogP contribution in [0.1, 0.15) is 15.9 Å². The molecule has 5 heteroatoms. The predicted molar refractivity (Wildman–Crippen MR) is 112 cm³/mol. The quantitative estimate of drug-likeness (QED) is 0.399. The summed E-state index contributed by atoms with van der Waals surface area (Å²) < 4.78 is 5.19. The molecule has 28 heavy (non-hydrogen) atoms. The molecule has 0 fully saturated rings. The Morgan fingerprint density at radius 2 is 1.82 bits per heavy atom. The average molecular weight is 369 g/mol. The fourth-order valence-electron chi connectivity index (χ4n) is 3.05. The van der Waals surface area contributed by atoms with Gasteiger partial charge >= 0.3 is 0 Å². The average Bonchev–Trinajstić information content (AvgIpc) is 3.17. The minimum Gasteiger partial charge on any atom is -0.497 e. The number of para-hydroxylation sites is 1. The number of aromatic nitrogens is 1. The third-order valence-corrected chi connectivity index (χ3v) is 4.54. The van der Waals surface area contributed by atoms with Gasteiger partial charge in [0, 0.05) is 28.2 Å². The minimum absolute atomic E-state index is 0.258. The Kier molecular flexibility index (Phi) is 4.89. The normalized spacial score (nSPS) is 11.0. The van der Waals surface area contributed by atoms with E-state index in [1.807, 2.05) is 72.9 Å². The number of H-pyrrole nitrogens is 1. The van der Waals surface area contributed by atoms with Crippen LogP contribution in [0.25, 0.3) is 22.0 Å². The van der Waals surface area contributed by atoms with E-state index < -0.39 is 0 Å². The van der Waals surface area contributed by atoms with Gasteiger partial charge in [0.1, 0.15) is 5.75 Å². The number of ether oxygens (including phenoxy) is 1. The number of nitrogens with zero attached hydrogens (tertiary/aromatic N) is 1. The van der Waals surface area contributed by atoms with Crippen molar-refractivity contribution in [3.05, 3.63) is 90.1 Å². The van der Waals surface area contributed by atoms with Crippen molar-refractivity contribution in [3.8, 4) is 16.9 Å². The maximum Gasteiger partial charge on any atom is 0.271 e. The van der Waals surface area contributed by atoms with Gasteiger partial charge in [-0.15, -0.1) is 0 Å². The van der Waals surface area contributed by atoms with Crippen LogP contribution in [-0.4, -0.2) is 24.2 Å². The molecule has 0 saturated carbocycles. The topological polar surface area (TPSA) is 66.5 Å². The molecule has 3 aromatic carbocycles. The van der Waals surface area contributed by atoms with Gasteiger partial charge in [0.2, 0.25) is 0 Å². The fraction of sp³-hybridized carbons (Fsp3) is 0.0435. The Morgan fingerprint density at radius 3 is 2.64 bits per heavy atom. The zero-order chi connectivity index (χ0) is 19.3. The number of hydrogen-bond donors (Lipinski definition) is 2. The molecule has 138 valence electrons. The summed E-state index contributed by atoms with van der Waals surface area (Å²) in [6.45, 7) is 0. The molecule has 1 aromatic heterocycles. The van der Waals surface area contributed by atoms with E-state index >= 15 is 0 Å². The molecule has 1 amide bonds. The highest BCUT2D eigenvalue weighted by Crippen LogP contribution is 2.23. The number of benzene rings is 3. The first kappa shape index (κ1) is 17.5. The van der Waals surface area contributed by atoms with Crippen molar-refractivity contribution in [1.82, 2.24) is 10.4 Å². The third kappa shape index (κ3) is 3.64. The Hall–Kier alpha value is -3.86. The van der Waals surface area contributed by atoms with Gasteiger partial charge in [-0.05, 0) is 41.5 Å². The van der Waals surface area contributed by atoms with E-state index in [0.29, 0.717) is 5.56 Å². The first-order chi connectivity index (χ1) is 13.7. The largest absolute Gasteiger partial charge is 0.497 e. The molecule has 0 aliphatic carbocycles. The number of rotatable bonds is 5. The molecule has 2 N–H and O–H groups in total. The van der Waals surface area contributed by atoms with Gasteiger partial charge in [-0.3, -0.25) is 4.79 Å². The molecular formula is C23H19N3O2. The molecule has 0 atom stereocenters. The second-order valence-corrected chi connectivity index (χ2v) is 6.30. The van der Waals surface area contributed by atoms with Gasteiger partial charge in [-0.25, -0.2) is 5.43 Å². The highest BCUT2D eigenvalue weighted by molar-refractivity contribution is 6.00. The Labute approximate surface area is 162 Å². The van der Waals surface area contributed by atoms with Gasteiger partial charge in [0.15, 0.2) is 0 Å². The fourth-order valence-corrected chi connectivity index (χ4v) is 3.05. The minimum atomic E-state index is -0.258. The molecule has 0 aliphatic heterocycles. The number of carbonyl (C=O) groups is 1. The molecule has 5 nitrogen and oxygen atoms in total. The summed E-state index contributed by atoms with van der Waals surface area (Å²) in [5, 5.41) is 5.16. The number of nitrogens with one attached hydrogen (secondary N) is 2. The highest BCUT2D eigenvalue weighted by Gasteiger charge is 2.07. The van der Waals surface area contributed by atoms with Crippen molar-refractivity contribution in [2.75, 3.05) is 7.11 Å². The lowest BCUT2D eigenvalue weighted by molar-refractivity contribution is 0.0955. The monoisotopic (exact) mass is 369 g/mol. The highest BCUT2D eigenvalue weighted by atomic mass is 16.5. The van der Waals surface area contributed by atoms with E-state index in [2.05, 4.69) is 15.5 Å². The van der Waals surface area contributed by atoms with Crippen LogP contribution in [0.5, 0.6) is 5.75 Å². The summed E-state index contributed by atoms with van der Waals surface area (Å²) >= 11 is 0. The molecule has 4 aromatic rings. The Morgan fingerprint density at radius 1 is 1.00 bits per heavy atom. The lowest BCUT2D eigenvalue weighted by Gasteiger charge is -2.06. The predicted octanol–water partition coefficient (Wildman–Crippen LogP) is 4.61. The van der Waals surface area contributed by atoms with Gasteiger partial charge < -0.3 is 9.72 Å². The van der Waals surface area contributed by atoms with E-state index in [1.54, 1.807) is 19.4 Å². The first-order valence-electron chi connectivity index (χ1n) is 8.88. The van der Waals surface area contributed by atoms with Crippen molar-refractivity contribution in [1.29, 1.82) is 0 Å². The van der Waals surface area contributed by atoms with E-state index in [4.69, 9.17) is 4.74 Å². The molecule has 0 saturated heterocycles. The number of hydrazone groups is 1. The van der Waals surface area contributed by atoms with Crippen molar-refractivity contribution in [2.45, 2.75) is 0 Å². The number of hydrogen-bond acceptors (Lipinski definition) is 3. The molecule has 0 radical (unpaired) electrons. The van der Waals surface area contributed by atoms with Crippen molar-refractivity contribution in [3.63, 3.8) is 0 Å². The summed E-state index contributed by atoms with van der Waals surface area (Å²) in [6, 6.07) is 23.1. The van der Waals surface area contributed by atoms with Crippen LogP contribution in [0, 0.1) is 0 Å². The van der Waals surface area contributed by atoms with E-state index in [0.717, 1.165) is 33.3 Å². The van der Waals surface area contributed by atoms with Crippen LogP contribution >= 0.6 is 0 Å². The molecule has 0 unspecified atom stereocenters. The molecule has 0 aliphatic rings. The number of aromatic amines is 1. The maximum atomic E-state index is 12.5. The zero-order valence-corrected chi connectivity index (χ0v) is 15.3. The maximum absolute atomic E-state index is 12.5. The Bertz CT molecular complexity index is 1140. The van der Waals surface area contributed by atoms with Crippen LogP contribution in [0.3, 0.4) is 0 Å². The van der Waals surface area contributed by atoms with Crippen molar-refractivity contribution in [2.24, 2.45) is 5.10 Å². The van der Waals surface area contributed by atoms with E-state index in [1.165, 1.54) is 0 Å². The number of carbonyl (C=O) groups excluding carboxylic acids is 1. The summed E-state index contributed by atoms with van der Waals surface area (Å²) in [6.07, 6.45) is 3.51. The number of methoxy groups -OCH3 is 1. The Balaban J connectivity index is 1.49. The summed E-state index contributed by atoms with van der Waals surface area (Å²) in [5.74, 6) is 0.538. The molecule has 1 heterocycles. The molecule has 0 spiro atoms. The van der Waals surface area contributed by atoms with Gasteiger partial charge in [0.25, 0.3) is 5.91 Å². The standard InChI is InChI=1S/C23H19N3O2/c1-28-20-11-9-16(10-12-20)17-5-4-6-18(13-17)23(27)26-25-15-19-14-24-22-8-3-2-7-21(19)22/h2-15,24H,1H3,(H,26,27). The van der Waals surface area contributed by atoms with E-state index in [-0.39, 0.29) is 5.91 Å². The van der Waals surface area contributed by atoms with Crippen molar-refractivity contribution >= 4 is 23.0 Å². The first-order valence-corrected chi connectivity index (χ1v) is 8.88. The smallest absolute Gasteiger partial charge is 0.271 e. The van der Waals surface area contributed by atoms with Gasteiger partial charge in [-0.1, -0.05) is 42.5 Å². The second-order valence-electron chi connectivity index (χ2n) is 6.30. The lowest BCUT2D eigenvalue weighted by atomic mass is 10.0. The summed E-state index contributed by atoms with van der Waals surface area (Å²) in [5.41, 5.74) is 7.06. The van der Waals surface area contributed by atoms with Crippen LogP contribution < -0.4 is 10.2 Å². The van der Waals surface area contributed by atoms with Crippen LogP contribution in [0.4, 0.5) is 0 Å². The molecule has 0 bridgehead atoms. The van der Waals surface area contributed by atoms with E-state index in [9.17, 15) is 4.79 Å². The van der Waals surface area contributed by atoms with Crippen LogP contribution in [0.15, 0.2) is 84.1 Å². The summed E-state index contributed by atoms with van der Waals surface area (Å²) in [7, 11) is 1.64. The van der Waals surface area contributed by atoms with Gasteiger partial charge in [-0.2, -0.15) is 5.10 Å². The number of fused-ring (bicyclic) bond motifs is 1. The zero-order valence-electron chi connectivity index (χ0n) is 15.3. The molecular weight excluding hydrogens is 350 g/mol. The summed E-state index contributed by atoms with van der Waals surface area (Å²) in [4.78, 5) is 15.6. The van der Waals surface area contributed by atoms with Crippen molar-refractivity contribution < 1.29 is 9.53 Å². The third-order valence-electron chi connectivity index (χ3n) is 4.54. The number of amides is 1. The van der Waals surface area contributed by atoms with Crippen LogP contribution in [0.2, 0.25) is 0 Å².